The van der Waals surface area contributed by atoms with Crippen molar-refractivity contribution in [1.29, 1.82) is 0 Å². The van der Waals surface area contributed by atoms with Crippen LogP contribution in [-0.4, -0.2) is 66.2 Å². The molecule has 2 fully saturated rings. The zero-order chi connectivity index (χ0) is 15.0. The zero-order valence-electron chi connectivity index (χ0n) is 12.2. The highest BCUT2D eigenvalue weighted by Crippen LogP contribution is 2.26. The average molecular weight is 304 g/mol. The lowest BCUT2D eigenvalue weighted by molar-refractivity contribution is -0.140. The van der Waals surface area contributed by atoms with Crippen molar-refractivity contribution in [1.82, 2.24) is 9.21 Å². The molecule has 1 unspecified atom stereocenters. The van der Waals surface area contributed by atoms with Crippen LogP contribution in [0, 0.1) is 0 Å². The van der Waals surface area contributed by atoms with Gasteiger partial charge >= 0.3 is 0 Å². The molecule has 6 nitrogen and oxygen atoms in total. The molecule has 2 rings (SSSR count). The van der Waals surface area contributed by atoms with Crippen LogP contribution in [0.15, 0.2) is 0 Å². The molecule has 0 bridgehead atoms. The SMILES string of the molecule is CC1(O)CCN(C(=O)C2CCCCN2S(C)(=O)=O)CC1. The van der Waals surface area contributed by atoms with Crippen LogP contribution in [-0.2, 0) is 14.8 Å². The molecule has 2 saturated heterocycles. The lowest BCUT2D eigenvalue weighted by atomic mass is 9.93. The predicted octanol–water partition coefficient (Wildman–Crippen LogP) is 0.174. The van der Waals surface area contributed by atoms with Crippen LogP contribution in [0.1, 0.15) is 39.0 Å². The molecule has 1 N–H and O–H groups in total. The Hall–Kier alpha value is -0.660. The van der Waals surface area contributed by atoms with E-state index in [2.05, 4.69) is 0 Å². The summed E-state index contributed by atoms with van der Waals surface area (Å²) in [5, 5.41) is 9.92. The summed E-state index contributed by atoms with van der Waals surface area (Å²) in [6.07, 6.45) is 4.55. The summed E-state index contributed by atoms with van der Waals surface area (Å²) in [5.74, 6) is -0.106. The maximum absolute atomic E-state index is 12.6. The third kappa shape index (κ3) is 3.51. The number of carbonyl (C=O) groups excluding carboxylic acids is 1. The molecule has 20 heavy (non-hydrogen) atoms. The van der Waals surface area contributed by atoms with Crippen molar-refractivity contribution in [2.75, 3.05) is 25.9 Å². The van der Waals surface area contributed by atoms with E-state index in [0.29, 0.717) is 38.9 Å². The molecule has 0 aromatic rings. The molecule has 0 saturated carbocycles. The molecule has 0 radical (unpaired) electrons. The van der Waals surface area contributed by atoms with E-state index >= 15 is 0 Å². The standard InChI is InChI=1S/C13H24N2O4S/c1-13(17)6-9-14(10-7-13)12(16)11-5-3-4-8-15(11)20(2,18)19/h11,17H,3-10H2,1-2H3. The minimum Gasteiger partial charge on any atom is -0.390 e. The largest absolute Gasteiger partial charge is 0.390 e. The second kappa shape index (κ2) is 5.61. The van der Waals surface area contributed by atoms with E-state index in [9.17, 15) is 18.3 Å². The van der Waals surface area contributed by atoms with E-state index in [4.69, 9.17) is 0 Å². The molecule has 2 aliphatic rings. The van der Waals surface area contributed by atoms with Gasteiger partial charge in [-0.25, -0.2) is 8.42 Å². The fourth-order valence-electron chi connectivity index (χ4n) is 2.97. The van der Waals surface area contributed by atoms with Crippen molar-refractivity contribution in [2.24, 2.45) is 0 Å². The van der Waals surface area contributed by atoms with Crippen LogP contribution in [0.25, 0.3) is 0 Å². The predicted molar refractivity (Wildman–Crippen MR) is 75.6 cm³/mol. The highest BCUT2D eigenvalue weighted by molar-refractivity contribution is 7.88. The summed E-state index contributed by atoms with van der Waals surface area (Å²) in [6.45, 7) is 3.21. The third-order valence-corrected chi connectivity index (χ3v) is 5.61. The van der Waals surface area contributed by atoms with Gasteiger partial charge in [0.2, 0.25) is 15.9 Å². The van der Waals surface area contributed by atoms with Crippen LogP contribution in [0.3, 0.4) is 0 Å². The summed E-state index contributed by atoms with van der Waals surface area (Å²) in [7, 11) is -3.35. The van der Waals surface area contributed by atoms with Crippen LogP contribution in [0.4, 0.5) is 0 Å². The van der Waals surface area contributed by atoms with E-state index in [1.54, 1.807) is 11.8 Å². The molecular weight excluding hydrogens is 280 g/mol. The average Bonchev–Trinajstić information content (AvgIpc) is 2.37. The number of hydrogen-bond acceptors (Lipinski definition) is 4. The second-order valence-electron chi connectivity index (χ2n) is 6.21. The molecule has 1 atom stereocenters. The minimum absolute atomic E-state index is 0.106. The van der Waals surface area contributed by atoms with Gasteiger partial charge < -0.3 is 10.0 Å². The summed E-state index contributed by atoms with van der Waals surface area (Å²) >= 11 is 0. The van der Waals surface area contributed by atoms with Gasteiger partial charge in [-0.2, -0.15) is 4.31 Å². The van der Waals surface area contributed by atoms with Crippen molar-refractivity contribution in [2.45, 2.75) is 50.7 Å². The smallest absolute Gasteiger partial charge is 0.241 e. The maximum atomic E-state index is 12.6. The Morgan fingerprint density at radius 3 is 2.35 bits per heavy atom. The number of carbonyl (C=O) groups is 1. The number of aliphatic hydroxyl groups is 1. The Labute approximate surface area is 120 Å². The van der Waals surface area contributed by atoms with E-state index in [1.807, 2.05) is 0 Å². The number of amides is 1. The molecule has 7 heteroatoms. The molecular formula is C13H24N2O4S. The first kappa shape index (κ1) is 15.7. The second-order valence-corrected chi connectivity index (χ2v) is 8.14. The van der Waals surface area contributed by atoms with Gasteiger partial charge in [0.15, 0.2) is 0 Å². The summed E-state index contributed by atoms with van der Waals surface area (Å²) in [5.41, 5.74) is -0.708. The Morgan fingerprint density at radius 2 is 1.80 bits per heavy atom. The van der Waals surface area contributed by atoms with Gasteiger partial charge in [0.1, 0.15) is 6.04 Å². The van der Waals surface area contributed by atoms with Crippen molar-refractivity contribution in [3.8, 4) is 0 Å². The van der Waals surface area contributed by atoms with Crippen LogP contribution in [0.5, 0.6) is 0 Å². The number of likely N-dealkylation sites (tertiary alicyclic amines) is 1. The maximum Gasteiger partial charge on any atom is 0.241 e. The molecule has 2 heterocycles. The van der Waals surface area contributed by atoms with Gasteiger partial charge in [0.25, 0.3) is 0 Å². The lowest BCUT2D eigenvalue weighted by Gasteiger charge is -2.40. The van der Waals surface area contributed by atoms with Crippen molar-refractivity contribution in [3.05, 3.63) is 0 Å². The van der Waals surface area contributed by atoms with Crippen molar-refractivity contribution < 1.29 is 18.3 Å². The molecule has 1 amide bonds. The summed E-state index contributed by atoms with van der Waals surface area (Å²) in [4.78, 5) is 14.3. The minimum atomic E-state index is -3.35. The number of nitrogens with zero attached hydrogens (tertiary/aromatic N) is 2. The first-order chi connectivity index (χ1) is 9.21. The Balaban J connectivity index is 2.07. The fourth-order valence-corrected chi connectivity index (χ4v) is 4.09. The lowest BCUT2D eigenvalue weighted by Crippen LogP contribution is -2.55. The molecule has 116 valence electrons. The quantitative estimate of drug-likeness (QED) is 0.789. The van der Waals surface area contributed by atoms with Gasteiger partial charge in [-0.05, 0) is 32.6 Å². The number of rotatable bonds is 2. The number of piperidine rings is 2. The zero-order valence-corrected chi connectivity index (χ0v) is 13.0. The van der Waals surface area contributed by atoms with Crippen LogP contribution >= 0.6 is 0 Å². The van der Waals surface area contributed by atoms with E-state index < -0.39 is 21.7 Å². The molecule has 0 spiro atoms. The Kier molecular flexibility index (Phi) is 4.41. The van der Waals surface area contributed by atoms with Gasteiger partial charge in [0.05, 0.1) is 11.9 Å². The van der Waals surface area contributed by atoms with Crippen molar-refractivity contribution in [3.63, 3.8) is 0 Å². The van der Waals surface area contributed by atoms with Gasteiger partial charge in [-0.3, -0.25) is 4.79 Å². The monoisotopic (exact) mass is 304 g/mol. The first-order valence-corrected chi connectivity index (χ1v) is 9.03. The van der Waals surface area contributed by atoms with Crippen LogP contribution < -0.4 is 0 Å². The number of hydrogen-bond donors (Lipinski definition) is 1. The summed E-state index contributed by atoms with van der Waals surface area (Å²) < 4.78 is 24.9. The molecule has 2 aliphatic heterocycles. The van der Waals surface area contributed by atoms with Crippen molar-refractivity contribution >= 4 is 15.9 Å². The molecule has 0 aromatic carbocycles. The molecule has 0 aliphatic carbocycles. The third-order valence-electron chi connectivity index (χ3n) is 4.32. The number of sulfonamides is 1. The Morgan fingerprint density at radius 1 is 1.20 bits per heavy atom. The van der Waals surface area contributed by atoms with Gasteiger partial charge in [-0.1, -0.05) is 6.42 Å². The highest BCUT2D eigenvalue weighted by atomic mass is 32.2. The topological polar surface area (TPSA) is 77.9 Å². The summed E-state index contributed by atoms with van der Waals surface area (Å²) in [6, 6.07) is -0.554. The fraction of sp³-hybridized carbons (Fsp3) is 0.923. The van der Waals surface area contributed by atoms with Gasteiger partial charge in [-0.15, -0.1) is 0 Å². The molecule has 0 aromatic heterocycles. The van der Waals surface area contributed by atoms with Crippen LogP contribution in [0.2, 0.25) is 0 Å². The van der Waals surface area contributed by atoms with E-state index in [0.717, 1.165) is 12.8 Å². The normalized spacial score (nSPS) is 28.4. The first-order valence-electron chi connectivity index (χ1n) is 7.19. The van der Waals surface area contributed by atoms with E-state index in [-0.39, 0.29) is 5.91 Å². The highest BCUT2D eigenvalue weighted by Gasteiger charge is 2.38. The van der Waals surface area contributed by atoms with E-state index in [1.165, 1.54) is 10.6 Å². The Bertz CT molecular complexity index is 465. The van der Waals surface area contributed by atoms with Gasteiger partial charge in [0, 0.05) is 19.6 Å².